The molecule has 0 spiro atoms. The fraction of sp³-hybridized carbons (Fsp3) is 0.625. The second-order valence-corrected chi connectivity index (χ2v) is 2.87. The Morgan fingerprint density at radius 2 is 2.27 bits per heavy atom. The fourth-order valence-corrected chi connectivity index (χ4v) is 1.30. The van der Waals surface area contributed by atoms with Gasteiger partial charge in [-0.15, -0.1) is 0 Å². The smallest absolute Gasteiger partial charge is 0.224 e. The Balaban J connectivity index is 2.49. The van der Waals surface area contributed by atoms with E-state index in [1.165, 1.54) is 0 Å². The Kier molecular flexibility index (Phi) is 2.65. The quantitative estimate of drug-likeness (QED) is 0.551. The largest absolute Gasteiger partial charge is 0.369 e. The molecule has 3 heteroatoms. The Morgan fingerprint density at radius 1 is 1.55 bits per heavy atom. The molecule has 1 amide bonds. The number of nitrogens with one attached hydrogen (secondary N) is 1. The monoisotopic (exact) mass is 154 g/mol. The van der Waals surface area contributed by atoms with Crippen molar-refractivity contribution >= 4 is 5.91 Å². The molecule has 2 atom stereocenters. The van der Waals surface area contributed by atoms with Crippen molar-refractivity contribution in [2.45, 2.75) is 18.9 Å². The lowest BCUT2D eigenvalue weighted by atomic mass is 9.92. The lowest BCUT2D eigenvalue weighted by Gasteiger charge is -2.19. The van der Waals surface area contributed by atoms with Crippen LogP contribution in [0.15, 0.2) is 12.2 Å². The first-order valence-electron chi connectivity index (χ1n) is 3.89. The van der Waals surface area contributed by atoms with Gasteiger partial charge in [0.25, 0.3) is 0 Å². The number of amides is 1. The lowest BCUT2D eigenvalue weighted by molar-refractivity contribution is -0.120. The number of rotatable bonds is 2. The summed E-state index contributed by atoms with van der Waals surface area (Å²) in [5.74, 6) is -0.254. The summed E-state index contributed by atoms with van der Waals surface area (Å²) in [6.45, 7) is 0. The Bertz CT molecular complexity index is 177. The average molecular weight is 154 g/mol. The zero-order chi connectivity index (χ0) is 8.27. The number of nitrogens with two attached hydrogens (primary N) is 1. The molecule has 1 aliphatic rings. The third-order valence-corrected chi connectivity index (χ3v) is 2.10. The lowest BCUT2D eigenvalue weighted by Crippen LogP contribution is -2.30. The van der Waals surface area contributed by atoms with E-state index in [-0.39, 0.29) is 11.8 Å². The Labute approximate surface area is 66.6 Å². The highest BCUT2D eigenvalue weighted by Crippen LogP contribution is 2.16. The van der Waals surface area contributed by atoms with Crippen molar-refractivity contribution in [1.82, 2.24) is 5.32 Å². The molecule has 1 aliphatic carbocycles. The molecular weight excluding hydrogens is 140 g/mol. The molecule has 3 nitrogen and oxygen atoms in total. The first-order valence-corrected chi connectivity index (χ1v) is 3.89. The van der Waals surface area contributed by atoms with E-state index in [0.717, 1.165) is 12.8 Å². The zero-order valence-electron chi connectivity index (χ0n) is 6.71. The summed E-state index contributed by atoms with van der Waals surface area (Å²) in [6.07, 6.45) is 5.78. The van der Waals surface area contributed by atoms with E-state index in [1.54, 1.807) is 0 Å². The molecule has 62 valence electrons. The van der Waals surface area contributed by atoms with Crippen LogP contribution in [0.25, 0.3) is 0 Å². The number of likely N-dealkylation sites (N-methyl/N-ethyl adjacent to an activating group) is 1. The van der Waals surface area contributed by atoms with E-state index < -0.39 is 0 Å². The second-order valence-electron chi connectivity index (χ2n) is 2.87. The molecular formula is C8H14N2O. The van der Waals surface area contributed by atoms with E-state index in [9.17, 15) is 4.79 Å². The standard InChI is InChI=1S/C8H14N2O/c1-10-7-4-2-6(3-5-7)8(9)11/h2,4,6-7,10H,3,5H2,1H3,(H2,9,11). The first-order chi connectivity index (χ1) is 5.24. The van der Waals surface area contributed by atoms with Crippen molar-refractivity contribution in [2.24, 2.45) is 11.7 Å². The number of carbonyl (C=O) groups is 1. The third-order valence-electron chi connectivity index (χ3n) is 2.10. The molecule has 0 aromatic carbocycles. The predicted molar refractivity (Wildman–Crippen MR) is 43.9 cm³/mol. The van der Waals surface area contributed by atoms with Crippen LogP contribution in [0.5, 0.6) is 0 Å². The molecule has 0 bridgehead atoms. The van der Waals surface area contributed by atoms with Crippen LogP contribution in [0.3, 0.4) is 0 Å². The highest BCUT2D eigenvalue weighted by atomic mass is 16.1. The SMILES string of the molecule is CNC1C=CC(C(N)=O)CC1. The van der Waals surface area contributed by atoms with Crippen LogP contribution < -0.4 is 11.1 Å². The van der Waals surface area contributed by atoms with E-state index in [2.05, 4.69) is 5.32 Å². The molecule has 11 heavy (non-hydrogen) atoms. The summed E-state index contributed by atoms with van der Waals surface area (Å²) in [5.41, 5.74) is 5.14. The van der Waals surface area contributed by atoms with Gasteiger partial charge in [-0.05, 0) is 19.9 Å². The van der Waals surface area contributed by atoms with Crippen LogP contribution >= 0.6 is 0 Å². The van der Waals surface area contributed by atoms with Gasteiger partial charge in [0.15, 0.2) is 0 Å². The summed E-state index contributed by atoms with van der Waals surface area (Å²) in [7, 11) is 1.92. The van der Waals surface area contributed by atoms with Gasteiger partial charge < -0.3 is 11.1 Å². The summed E-state index contributed by atoms with van der Waals surface area (Å²) in [4.78, 5) is 10.7. The van der Waals surface area contributed by atoms with Gasteiger partial charge in [0.05, 0.1) is 5.92 Å². The van der Waals surface area contributed by atoms with E-state index in [4.69, 9.17) is 5.73 Å². The minimum Gasteiger partial charge on any atom is -0.369 e. The summed E-state index contributed by atoms with van der Waals surface area (Å²) < 4.78 is 0. The maximum atomic E-state index is 10.7. The van der Waals surface area contributed by atoms with Gasteiger partial charge >= 0.3 is 0 Å². The molecule has 2 unspecified atom stereocenters. The van der Waals surface area contributed by atoms with Crippen LogP contribution in [-0.2, 0) is 4.79 Å². The van der Waals surface area contributed by atoms with Gasteiger partial charge in [-0.3, -0.25) is 4.79 Å². The minimum absolute atomic E-state index is 0.0420. The van der Waals surface area contributed by atoms with Crippen molar-refractivity contribution in [3.8, 4) is 0 Å². The van der Waals surface area contributed by atoms with Crippen molar-refractivity contribution < 1.29 is 4.79 Å². The third kappa shape index (κ3) is 2.05. The van der Waals surface area contributed by atoms with Gasteiger partial charge in [-0.2, -0.15) is 0 Å². The van der Waals surface area contributed by atoms with Crippen molar-refractivity contribution in [2.75, 3.05) is 7.05 Å². The predicted octanol–water partition coefficient (Wildman–Crippen LogP) is 0.0259. The molecule has 0 saturated carbocycles. The molecule has 0 aliphatic heterocycles. The van der Waals surface area contributed by atoms with Gasteiger partial charge in [0, 0.05) is 6.04 Å². The summed E-state index contributed by atoms with van der Waals surface area (Å²) in [5, 5.41) is 3.12. The minimum atomic E-state index is -0.212. The van der Waals surface area contributed by atoms with Crippen LogP contribution in [0.2, 0.25) is 0 Å². The Hall–Kier alpha value is -0.830. The Morgan fingerprint density at radius 3 is 2.64 bits per heavy atom. The van der Waals surface area contributed by atoms with Gasteiger partial charge in [0.2, 0.25) is 5.91 Å². The number of hydrogen-bond donors (Lipinski definition) is 2. The number of carbonyl (C=O) groups excluding carboxylic acids is 1. The topological polar surface area (TPSA) is 55.1 Å². The normalized spacial score (nSPS) is 30.3. The number of primary amides is 1. The molecule has 0 saturated heterocycles. The molecule has 3 N–H and O–H groups in total. The maximum Gasteiger partial charge on any atom is 0.224 e. The molecule has 0 heterocycles. The van der Waals surface area contributed by atoms with Crippen LogP contribution in [0.1, 0.15) is 12.8 Å². The van der Waals surface area contributed by atoms with Crippen LogP contribution in [-0.4, -0.2) is 19.0 Å². The number of hydrogen-bond acceptors (Lipinski definition) is 2. The second kappa shape index (κ2) is 3.53. The zero-order valence-corrected chi connectivity index (χ0v) is 6.71. The molecule has 0 aromatic rings. The molecule has 0 aromatic heterocycles. The first kappa shape index (κ1) is 8.27. The highest BCUT2D eigenvalue weighted by Gasteiger charge is 2.17. The highest BCUT2D eigenvalue weighted by molar-refractivity contribution is 5.78. The average Bonchev–Trinajstić information content (AvgIpc) is 2.05. The van der Waals surface area contributed by atoms with Crippen molar-refractivity contribution in [3.63, 3.8) is 0 Å². The van der Waals surface area contributed by atoms with Crippen molar-refractivity contribution in [1.29, 1.82) is 0 Å². The molecule has 1 rings (SSSR count). The van der Waals surface area contributed by atoms with E-state index in [1.807, 2.05) is 19.2 Å². The van der Waals surface area contributed by atoms with Crippen molar-refractivity contribution in [3.05, 3.63) is 12.2 Å². The fourth-order valence-electron chi connectivity index (χ4n) is 1.30. The maximum absolute atomic E-state index is 10.7. The van der Waals surface area contributed by atoms with Crippen LogP contribution in [0.4, 0.5) is 0 Å². The molecule has 0 radical (unpaired) electrons. The molecule has 0 fully saturated rings. The van der Waals surface area contributed by atoms with E-state index in [0.29, 0.717) is 6.04 Å². The van der Waals surface area contributed by atoms with Gasteiger partial charge in [-0.25, -0.2) is 0 Å². The summed E-state index contributed by atoms with van der Waals surface area (Å²) in [6, 6.07) is 0.422. The summed E-state index contributed by atoms with van der Waals surface area (Å²) >= 11 is 0. The van der Waals surface area contributed by atoms with E-state index >= 15 is 0 Å². The van der Waals surface area contributed by atoms with Gasteiger partial charge in [-0.1, -0.05) is 12.2 Å². The van der Waals surface area contributed by atoms with Gasteiger partial charge in [0.1, 0.15) is 0 Å². The van der Waals surface area contributed by atoms with Crippen LogP contribution in [0, 0.1) is 5.92 Å².